The Bertz CT molecular complexity index is 145. The molecule has 0 bridgehead atoms. The summed E-state index contributed by atoms with van der Waals surface area (Å²) in [5.74, 6) is 0. The van der Waals surface area contributed by atoms with Crippen LogP contribution in [0.15, 0.2) is 0 Å². The third-order valence-electron chi connectivity index (χ3n) is 0.691. The first-order valence-corrected chi connectivity index (χ1v) is 4.72. The zero-order chi connectivity index (χ0) is 6.85. The fourth-order valence-corrected chi connectivity index (χ4v) is 2.07. The Kier molecular flexibility index (Phi) is 9.12. The summed E-state index contributed by atoms with van der Waals surface area (Å²) in [6, 6.07) is 0. The fourth-order valence-electron chi connectivity index (χ4n) is 0.411. The van der Waals surface area contributed by atoms with Crippen molar-refractivity contribution in [2.75, 3.05) is 0 Å². The fraction of sp³-hybridized carbons (Fsp3) is 1.00. The second-order valence-electron chi connectivity index (χ2n) is 1.41. The van der Waals surface area contributed by atoms with Crippen molar-refractivity contribution < 1.29 is 57.5 Å². The van der Waals surface area contributed by atoms with E-state index < -0.39 is 22.8 Å². The van der Waals surface area contributed by atoms with Crippen molar-refractivity contribution in [3.05, 3.63) is 0 Å². The Labute approximate surface area is 87.1 Å². The average Bonchev–Trinajstić information content (AvgIpc) is 1.59. The van der Waals surface area contributed by atoms with E-state index in [1.807, 2.05) is 0 Å². The molecular formula is C2H7NaO6P2. The van der Waals surface area contributed by atoms with Crippen LogP contribution in [0.4, 0.5) is 0 Å². The van der Waals surface area contributed by atoms with Crippen molar-refractivity contribution >= 4 is 16.5 Å². The third kappa shape index (κ3) is 5.53. The van der Waals surface area contributed by atoms with Crippen LogP contribution in [0.2, 0.25) is 0 Å². The van der Waals surface area contributed by atoms with Gasteiger partial charge in [-0.2, -0.15) is 0 Å². The summed E-state index contributed by atoms with van der Waals surface area (Å²) < 4.78 is 33.9. The molecule has 11 heavy (non-hydrogen) atoms. The van der Waals surface area contributed by atoms with Crippen LogP contribution in [0.5, 0.6) is 0 Å². The average molecular weight is 212 g/mol. The van der Waals surface area contributed by atoms with Crippen molar-refractivity contribution in [2.45, 2.75) is 13.2 Å². The van der Waals surface area contributed by atoms with Gasteiger partial charge in [-0.05, 0) is 6.92 Å². The van der Waals surface area contributed by atoms with Crippen LogP contribution >= 0.6 is 16.5 Å². The summed E-state index contributed by atoms with van der Waals surface area (Å²) in [6.45, 7) is 1.51. The van der Waals surface area contributed by atoms with Crippen LogP contribution in [-0.2, 0) is 22.5 Å². The Morgan fingerprint density at radius 1 is 1.18 bits per heavy atom. The molecule has 1 saturated heterocycles. The minimum absolute atomic E-state index is 0. The minimum atomic E-state index is -2.53. The molecule has 1 fully saturated rings. The first kappa shape index (κ1) is 14.8. The zero-order valence-corrected chi connectivity index (χ0v) is 10.1. The summed E-state index contributed by atoms with van der Waals surface area (Å²) in [6.07, 6.45) is -0.670. The second kappa shape index (κ2) is 6.78. The van der Waals surface area contributed by atoms with Crippen LogP contribution in [0.25, 0.3) is 0 Å². The Morgan fingerprint density at radius 3 is 1.82 bits per heavy atom. The molecule has 1 aliphatic heterocycles. The standard InChI is InChI=1S/C2H6O5P2.Na.H2O/c1-2-5-8(3)7-9(4)6-2;;/h2,8-9H,1H3;;1H2/q;+1;/p-1. The van der Waals surface area contributed by atoms with E-state index in [9.17, 15) is 9.13 Å². The van der Waals surface area contributed by atoms with Gasteiger partial charge in [-0.25, -0.2) is 4.31 Å². The number of rotatable bonds is 0. The van der Waals surface area contributed by atoms with E-state index in [1.165, 1.54) is 6.92 Å². The molecule has 1 N–H and O–H groups in total. The largest absolute Gasteiger partial charge is 1.00 e. The van der Waals surface area contributed by atoms with E-state index in [4.69, 9.17) is 0 Å². The predicted octanol–water partition coefficient (Wildman–Crippen LogP) is -2.00. The van der Waals surface area contributed by atoms with E-state index in [-0.39, 0.29) is 35.0 Å². The molecule has 0 saturated carbocycles. The van der Waals surface area contributed by atoms with Crippen molar-refractivity contribution in [3.8, 4) is 0 Å². The van der Waals surface area contributed by atoms with Gasteiger partial charge in [-0.3, -0.25) is 18.2 Å². The molecule has 1 rings (SSSR count). The van der Waals surface area contributed by atoms with Gasteiger partial charge in [0, 0.05) is 0 Å². The summed E-state index contributed by atoms with van der Waals surface area (Å²) >= 11 is 0. The molecule has 9 heteroatoms. The maximum atomic E-state index is 10.4. The molecule has 2 atom stereocenters. The van der Waals surface area contributed by atoms with E-state index in [2.05, 4.69) is 13.4 Å². The van der Waals surface area contributed by atoms with Crippen molar-refractivity contribution in [1.82, 2.24) is 0 Å². The van der Waals surface area contributed by atoms with Crippen molar-refractivity contribution in [1.29, 1.82) is 0 Å². The monoisotopic (exact) mass is 212 g/mol. The van der Waals surface area contributed by atoms with E-state index in [0.29, 0.717) is 0 Å². The Balaban J connectivity index is 0. The van der Waals surface area contributed by atoms with Gasteiger partial charge in [0.1, 0.15) is 0 Å². The van der Waals surface area contributed by atoms with Gasteiger partial charge in [0.05, 0.1) is 0 Å². The molecule has 0 aromatic carbocycles. The quantitative estimate of drug-likeness (QED) is 0.340. The van der Waals surface area contributed by atoms with Crippen molar-refractivity contribution in [2.24, 2.45) is 0 Å². The van der Waals surface area contributed by atoms with E-state index in [0.717, 1.165) is 0 Å². The summed E-state index contributed by atoms with van der Waals surface area (Å²) in [4.78, 5) is 0. The maximum absolute atomic E-state index is 10.4. The molecular weight excluding hydrogens is 205 g/mol. The van der Waals surface area contributed by atoms with Gasteiger partial charge < -0.3 is 5.48 Å². The molecule has 1 aliphatic rings. The first-order valence-electron chi connectivity index (χ1n) is 2.27. The van der Waals surface area contributed by atoms with Crippen LogP contribution in [-0.4, -0.2) is 11.8 Å². The van der Waals surface area contributed by atoms with E-state index in [1.54, 1.807) is 0 Å². The number of hydrogen-bond acceptors (Lipinski definition) is 6. The normalized spacial score (nSPS) is 36.6. The van der Waals surface area contributed by atoms with Gasteiger partial charge in [0.15, 0.2) is 6.29 Å². The molecule has 0 spiro atoms. The van der Waals surface area contributed by atoms with Gasteiger partial charge in [0.2, 0.25) is 0 Å². The van der Waals surface area contributed by atoms with Crippen LogP contribution in [0.3, 0.4) is 0 Å². The predicted molar refractivity (Wildman–Crippen MR) is 32.7 cm³/mol. The Hall–Kier alpha value is 1.30. The molecule has 0 aromatic rings. The summed E-state index contributed by atoms with van der Waals surface area (Å²) in [7, 11) is -5.07. The Morgan fingerprint density at radius 2 is 1.55 bits per heavy atom. The molecule has 0 aliphatic carbocycles. The molecule has 6 nitrogen and oxygen atoms in total. The molecule has 0 radical (unpaired) electrons. The number of hydrogen-bond donors (Lipinski definition) is 0. The van der Waals surface area contributed by atoms with Gasteiger partial charge in [0.25, 0.3) is 0 Å². The SMILES string of the molecule is CC1O[PH](=O)O[PH](=O)O1.[Na+].[OH-]. The zero-order valence-electron chi connectivity index (χ0n) is 6.07. The van der Waals surface area contributed by atoms with Crippen LogP contribution in [0, 0.1) is 0 Å². The van der Waals surface area contributed by atoms with Crippen molar-refractivity contribution in [3.63, 3.8) is 0 Å². The minimum Gasteiger partial charge on any atom is -0.870 e. The van der Waals surface area contributed by atoms with E-state index >= 15 is 0 Å². The smallest absolute Gasteiger partial charge is 0.870 e. The van der Waals surface area contributed by atoms with Crippen LogP contribution in [0.1, 0.15) is 6.92 Å². The molecule has 62 valence electrons. The second-order valence-corrected chi connectivity index (χ2v) is 3.69. The van der Waals surface area contributed by atoms with Gasteiger partial charge in [-0.1, -0.05) is 0 Å². The molecule has 0 amide bonds. The topological polar surface area (TPSA) is 91.8 Å². The summed E-state index contributed by atoms with van der Waals surface area (Å²) in [5.41, 5.74) is 0. The molecule has 2 unspecified atom stereocenters. The van der Waals surface area contributed by atoms with Crippen LogP contribution < -0.4 is 29.6 Å². The summed E-state index contributed by atoms with van der Waals surface area (Å²) in [5, 5.41) is 0. The maximum Gasteiger partial charge on any atom is 1.00 e. The molecule has 0 aromatic heterocycles. The van der Waals surface area contributed by atoms with Gasteiger partial charge in [-0.15, -0.1) is 0 Å². The molecule has 1 heterocycles. The van der Waals surface area contributed by atoms with Gasteiger partial charge >= 0.3 is 46.1 Å². The first-order chi connectivity index (χ1) is 4.18. The third-order valence-corrected chi connectivity index (χ3v) is 3.07.